The van der Waals surface area contributed by atoms with Crippen molar-refractivity contribution in [2.45, 2.75) is 12.5 Å². The number of rotatable bonds is 6. The summed E-state index contributed by atoms with van der Waals surface area (Å²) in [4.78, 5) is 27.3. The van der Waals surface area contributed by atoms with Gasteiger partial charge in [-0.2, -0.15) is 5.10 Å². The van der Waals surface area contributed by atoms with Crippen molar-refractivity contribution in [1.82, 2.24) is 15.2 Å². The highest BCUT2D eigenvalue weighted by atomic mass is 19.1. The number of hydrogen-bond acceptors (Lipinski definition) is 6. The third-order valence-corrected chi connectivity index (χ3v) is 3.36. The maximum absolute atomic E-state index is 12.9. The van der Waals surface area contributed by atoms with Gasteiger partial charge in [0.1, 0.15) is 29.8 Å². The topological polar surface area (TPSA) is 109 Å². The number of Topliss-reactive ketones (excluding diaryl/α,β-unsaturated/α-hetero) is 2. The zero-order valence-corrected chi connectivity index (χ0v) is 12.3. The minimum Gasteiger partial charge on any atom is -0.462 e. The molecule has 2 N–H and O–H groups in total. The normalized spacial score (nSPS) is 12.1. The first-order chi connectivity index (χ1) is 11.5. The molecule has 0 bridgehead atoms. The summed E-state index contributed by atoms with van der Waals surface area (Å²) >= 11 is 0. The van der Waals surface area contributed by atoms with Gasteiger partial charge in [0.15, 0.2) is 5.82 Å². The Bertz CT molecular complexity index is 856. The fourth-order valence-corrected chi connectivity index (χ4v) is 2.13. The average molecular weight is 329 g/mol. The fourth-order valence-electron chi connectivity index (χ4n) is 2.13. The second kappa shape index (κ2) is 6.55. The van der Waals surface area contributed by atoms with Gasteiger partial charge >= 0.3 is 0 Å². The Morgan fingerprint density at radius 3 is 2.62 bits per heavy atom. The second-order valence-corrected chi connectivity index (χ2v) is 5.02. The van der Waals surface area contributed by atoms with Gasteiger partial charge in [0.25, 0.3) is 5.78 Å². The van der Waals surface area contributed by atoms with Crippen LogP contribution in [0.4, 0.5) is 4.39 Å². The van der Waals surface area contributed by atoms with Crippen molar-refractivity contribution in [3.8, 4) is 0 Å². The average Bonchev–Trinajstić information content (AvgIpc) is 3.26. The van der Waals surface area contributed by atoms with Crippen LogP contribution in [-0.4, -0.2) is 31.9 Å². The van der Waals surface area contributed by atoms with Crippen LogP contribution in [-0.2, 0) is 11.2 Å². The molecule has 3 aromatic rings. The summed E-state index contributed by atoms with van der Waals surface area (Å²) in [6.07, 6.45) is -0.236. The smallest absolute Gasteiger partial charge is 0.265 e. The van der Waals surface area contributed by atoms with E-state index >= 15 is 0 Å². The van der Waals surface area contributed by atoms with Gasteiger partial charge in [-0.1, -0.05) is 12.1 Å². The Morgan fingerprint density at radius 1 is 1.21 bits per heavy atom. The van der Waals surface area contributed by atoms with Crippen LogP contribution >= 0.6 is 0 Å². The molecule has 8 heteroatoms. The van der Waals surface area contributed by atoms with Gasteiger partial charge in [-0.3, -0.25) is 14.7 Å². The Labute approximate surface area is 135 Å². The second-order valence-electron chi connectivity index (χ2n) is 5.02. The zero-order chi connectivity index (χ0) is 17.1. The largest absolute Gasteiger partial charge is 0.462 e. The summed E-state index contributed by atoms with van der Waals surface area (Å²) in [5.41, 5.74) is 0.446. The van der Waals surface area contributed by atoms with Gasteiger partial charge in [0, 0.05) is 0 Å². The molecule has 1 atom stereocenters. The molecule has 122 valence electrons. The number of carbonyl (C=O) groups excluding carboxylic acids is 2. The molecule has 2 aromatic heterocycles. The predicted molar refractivity (Wildman–Crippen MR) is 78.6 cm³/mol. The van der Waals surface area contributed by atoms with E-state index in [-0.39, 0.29) is 23.8 Å². The van der Waals surface area contributed by atoms with Crippen LogP contribution in [0.15, 0.2) is 47.1 Å². The van der Waals surface area contributed by atoms with E-state index in [2.05, 4.69) is 15.2 Å². The van der Waals surface area contributed by atoms with Gasteiger partial charge < -0.3 is 9.52 Å². The van der Waals surface area contributed by atoms with Gasteiger partial charge in [-0.05, 0) is 29.8 Å². The number of benzene rings is 1. The number of furan rings is 1. The number of nitrogens with one attached hydrogen (secondary N) is 1. The van der Waals surface area contributed by atoms with E-state index in [1.54, 1.807) is 0 Å². The number of H-pyrrole nitrogens is 1. The van der Waals surface area contributed by atoms with Crippen LogP contribution in [0.25, 0.3) is 0 Å². The van der Waals surface area contributed by atoms with E-state index in [4.69, 9.17) is 4.42 Å². The van der Waals surface area contributed by atoms with E-state index in [9.17, 15) is 19.1 Å². The quantitative estimate of drug-likeness (QED) is 0.525. The van der Waals surface area contributed by atoms with Crippen molar-refractivity contribution >= 4 is 11.6 Å². The lowest BCUT2D eigenvalue weighted by Crippen LogP contribution is -2.17. The van der Waals surface area contributed by atoms with Gasteiger partial charge in [-0.15, -0.1) is 0 Å². The lowest BCUT2D eigenvalue weighted by Gasteiger charge is -2.07. The molecule has 0 saturated heterocycles. The molecule has 24 heavy (non-hydrogen) atoms. The summed E-state index contributed by atoms with van der Waals surface area (Å²) in [5.74, 6) is -1.66. The molecule has 0 radical (unpaired) electrons. The fraction of sp³-hybridized carbons (Fsp3) is 0.125. The minimum absolute atomic E-state index is 0.141. The lowest BCUT2D eigenvalue weighted by atomic mass is 10.1. The van der Waals surface area contributed by atoms with Crippen molar-refractivity contribution in [3.63, 3.8) is 0 Å². The first-order valence-corrected chi connectivity index (χ1v) is 6.99. The maximum atomic E-state index is 12.9. The summed E-state index contributed by atoms with van der Waals surface area (Å²) in [6, 6.07) is 8.30. The molecular weight excluding hydrogens is 317 g/mol. The molecular formula is C16H12FN3O4. The van der Waals surface area contributed by atoms with E-state index in [1.807, 2.05) is 0 Å². The Balaban J connectivity index is 1.70. The van der Waals surface area contributed by atoms with Crippen LogP contribution in [0.1, 0.15) is 33.8 Å². The minimum atomic E-state index is -1.10. The van der Waals surface area contributed by atoms with Crippen LogP contribution in [0.3, 0.4) is 0 Å². The van der Waals surface area contributed by atoms with Gasteiger partial charge in [-0.25, -0.2) is 9.37 Å². The summed E-state index contributed by atoms with van der Waals surface area (Å²) in [6.45, 7) is 0. The number of hydrogen-bond donors (Lipinski definition) is 2. The standard InChI is InChI=1S/C16H12FN3O4/c17-10-3-1-9(2-4-10)14(22)13-6-5-11(24-13)7-12(21)15(23)16-18-8-19-20-16/h1-6,8,14,22H,7H2,(H,18,19,20). The number of aliphatic hydroxyl groups excluding tert-OH is 1. The maximum Gasteiger partial charge on any atom is 0.265 e. The molecule has 2 heterocycles. The van der Waals surface area contributed by atoms with Crippen molar-refractivity contribution < 1.29 is 23.5 Å². The van der Waals surface area contributed by atoms with Crippen LogP contribution < -0.4 is 0 Å². The molecule has 0 saturated carbocycles. The molecule has 0 aliphatic heterocycles. The molecule has 1 aromatic carbocycles. The summed E-state index contributed by atoms with van der Waals surface area (Å²) in [5, 5.41) is 16.0. The van der Waals surface area contributed by atoms with Crippen molar-refractivity contribution in [2.24, 2.45) is 0 Å². The first-order valence-electron chi connectivity index (χ1n) is 6.99. The van der Waals surface area contributed by atoms with Crippen molar-refractivity contribution in [1.29, 1.82) is 0 Å². The zero-order valence-electron chi connectivity index (χ0n) is 12.3. The van der Waals surface area contributed by atoms with Crippen molar-refractivity contribution in [3.05, 3.63) is 71.5 Å². The Hall–Kier alpha value is -3.13. The van der Waals surface area contributed by atoms with Crippen LogP contribution in [0.2, 0.25) is 0 Å². The third kappa shape index (κ3) is 3.28. The number of ketones is 2. The number of aromatic amines is 1. The molecule has 0 aliphatic rings. The number of carbonyl (C=O) groups is 2. The van der Waals surface area contributed by atoms with Crippen molar-refractivity contribution in [2.75, 3.05) is 0 Å². The van der Waals surface area contributed by atoms with E-state index in [1.165, 1.54) is 36.4 Å². The first kappa shape index (κ1) is 15.8. The lowest BCUT2D eigenvalue weighted by molar-refractivity contribution is -0.114. The number of nitrogens with zero attached hydrogens (tertiary/aromatic N) is 2. The Morgan fingerprint density at radius 2 is 1.96 bits per heavy atom. The molecule has 1 unspecified atom stereocenters. The SMILES string of the molecule is O=C(Cc1ccc(C(O)c2ccc(F)cc2)o1)C(=O)c1ncn[nH]1. The number of aliphatic hydroxyl groups is 1. The van der Waals surface area contributed by atoms with Crippen LogP contribution in [0.5, 0.6) is 0 Å². The third-order valence-electron chi connectivity index (χ3n) is 3.36. The molecule has 3 rings (SSSR count). The van der Waals surface area contributed by atoms with Crippen LogP contribution in [0, 0.1) is 5.82 Å². The number of aromatic nitrogens is 3. The monoisotopic (exact) mass is 329 g/mol. The van der Waals surface area contributed by atoms with Gasteiger partial charge in [0.05, 0.1) is 6.42 Å². The van der Waals surface area contributed by atoms with Gasteiger partial charge in [0.2, 0.25) is 5.78 Å². The molecule has 0 spiro atoms. The molecule has 0 amide bonds. The highest BCUT2D eigenvalue weighted by Crippen LogP contribution is 2.24. The number of halogens is 1. The predicted octanol–water partition coefficient (Wildman–Crippen LogP) is 1.61. The highest BCUT2D eigenvalue weighted by Gasteiger charge is 2.22. The highest BCUT2D eigenvalue weighted by molar-refractivity contribution is 6.42. The van der Waals surface area contributed by atoms with E-state index in [0.717, 1.165) is 6.33 Å². The summed E-state index contributed by atoms with van der Waals surface area (Å²) in [7, 11) is 0. The molecule has 0 fully saturated rings. The Kier molecular flexibility index (Phi) is 4.30. The summed E-state index contributed by atoms with van der Waals surface area (Å²) < 4.78 is 18.3. The van der Waals surface area contributed by atoms with E-state index < -0.39 is 23.5 Å². The van der Waals surface area contributed by atoms with E-state index in [0.29, 0.717) is 5.56 Å². The molecule has 0 aliphatic carbocycles. The molecule has 7 nitrogen and oxygen atoms in total.